The number of aryl methyl sites for hydroxylation is 1. The fourth-order valence-corrected chi connectivity index (χ4v) is 3.34. The lowest BCUT2D eigenvalue weighted by Crippen LogP contribution is -2.23. The van der Waals surface area contributed by atoms with Gasteiger partial charge in [-0.05, 0) is 56.2 Å². The molecular formula is C23H21FN4O4. The van der Waals surface area contributed by atoms with Crippen LogP contribution in [0.4, 0.5) is 15.9 Å². The molecule has 32 heavy (non-hydrogen) atoms. The number of nitro groups is 1. The van der Waals surface area contributed by atoms with Gasteiger partial charge in [-0.2, -0.15) is 5.26 Å². The molecule has 164 valence electrons. The zero-order valence-electron chi connectivity index (χ0n) is 17.8. The van der Waals surface area contributed by atoms with E-state index in [0.717, 1.165) is 16.8 Å². The van der Waals surface area contributed by atoms with Crippen LogP contribution in [0.1, 0.15) is 27.9 Å². The van der Waals surface area contributed by atoms with Gasteiger partial charge >= 0.3 is 0 Å². The van der Waals surface area contributed by atoms with Gasteiger partial charge in [0.25, 0.3) is 11.6 Å². The van der Waals surface area contributed by atoms with Gasteiger partial charge < -0.3 is 14.6 Å². The minimum Gasteiger partial charge on any atom is -0.484 e. The topological polar surface area (TPSA) is 110 Å². The van der Waals surface area contributed by atoms with Crippen molar-refractivity contribution in [3.63, 3.8) is 0 Å². The zero-order chi connectivity index (χ0) is 23.4. The lowest BCUT2D eigenvalue weighted by Gasteiger charge is -2.14. The van der Waals surface area contributed by atoms with Crippen molar-refractivity contribution in [1.82, 2.24) is 4.57 Å². The number of halogens is 1. The summed E-state index contributed by atoms with van der Waals surface area (Å²) in [7, 11) is 0. The Morgan fingerprint density at radius 2 is 1.91 bits per heavy atom. The fraction of sp³-hybridized carbons (Fsp3) is 0.217. The SMILES string of the molecule is Cc1cc(OCC(=O)Nc2c(C#N)c(C)c(C)n2Cc2ccc(F)cc2)ccc1[N+](=O)[O-]. The largest absolute Gasteiger partial charge is 0.484 e. The highest BCUT2D eigenvalue weighted by molar-refractivity contribution is 5.93. The number of nitro benzene ring substituents is 1. The number of nitriles is 1. The van der Waals surface area contributed by atoms with Gasteiger partial charge in [0.1, 0.15) is 23.5 Å². The number of benzene rings is 2. The molecule has 2 aromatic carbocycles. The van der Waals surface area contributed by atoms with Crippen LogP contribution in [0.15, 0.2) is 42.5 Å². The number of carbonyl (C=O) groups excluding carboxylic acids is 1. The molecule has 1 heterocycles. The van der Waals surface area contributed by atoms with Gasteiger partial charge in [0.15, 0.2) is 6.61 Å². The molecule has 9 heteroatoms. The smallest absolute Gasteiger partial charge is 0.272 e. The third kappa shape index (κ3) is 4.75. The van der Waals surface area contributed by atoms with Gasteiger partial charge in [-0.25, -0.2) is 4.39 Å². The van der Waals surface area contributed by atoms with E-state index >= 15 is 0 Å². The van der Waals surface area contributed by atoms with E-state index in [2.05, 4.69) is 11.4 Å². The van der Waals surface area contributed by atoms with Crippen LogP contribution in [0.25, 0.3) is 0 Å². The van der Waals surface area contributed by atoms with Gasteiger partial charge in [-0.15, -0.1) is 0 Å². The van der Waals surface area contributed by atoms with E-state index in [1.807, 2.05) is 6.92 Å². The summed E-state index contributed by atoms with van der Waals surface area (Å²) in [5.41, 5.74) is 3.06. The van der Waals surface area contributed by atoms with E-state index in [-0.39, 0.29) is 18.1 Å². The molecule has 1 aromatic heterocycles. The predicted octanol–water partition coefficient (Wildman–Crippen LogP) is 4.40. The maximum absolute atomic E-state index is 13.2. The Kier molecular flexibility index (Phi) is 6.54. The van der Waals surface area contributed by atoms with E-state index in [1.54, 1.807) is 30.5 Å². The Morgan fingerprint density at radius 1 is 1.22 bits per heavy atom. The van der Waals surface area contributed by atoms with Crippen molar-refractivity contribution >= 4 is 17.4 Å². The van der Waals surface area contributed by atoms with E-state index < -0.39 is 10.8 Å². The first-order valence-electron chi connectivity index (χ1n) is 9.73. The molecule has 0 saturated carbocycles. The normalized spacial score (nSPS) is 10.5. The third-order valence-electron chi connectivity index (χ3n) is 5.19. The average molecular weight is 436 g/mol. The van der Waals surface area contributed by atoms with Crippen molar-refractivity contribution in [3.05, 3.63) is 86.3 Å². The number of nitrogens with one attached hydrogen (secondary N) is 1. The number of amides is 1. The fourth-order valence-electron chi connectivity index (χ4n) is 3.34. The average Bonchev–Trinajstić information content (AvgIpc) is 2.97. The first kappa shape index (κ1) is 22.5. The molecule has 0 fully saturated rings. The minimum atomic E-state index is -0.491. The number of nitrogens with zero attached hydrogens (tertiary/aromatic N) is 3. The van der Waals surface area contributed by atoms with Crippen molar-refractivity contribution in [2.45, 2.75) is 27.3 Å². The van der Waals surface area contributed by atoms with Crippen LogP contribution in [0, 0.1) is 48.0 Å². The Balaban J connectivity index is 1.78. The van der Waals surface area contributed by atoms with Crippen molar-refractivity contribution in [3.8, 4) is 11.8 Å². The van der Waals surface area contributed by atoms with E-state index in [1.165, 1.54) is 30.3 Å². The Bertz CT molecular complexity index is 1230. The number of aromatic nitrogens is 1. The number of ether oxygens (including phenoxy) is 1. The molecule has 0 aliphatic carbocycles. The predicted molar refractivity (Wildman–Crippen MR) is 116 cm³/mol. The van der Waals surface area contributed by atoms with Gasteiger partial charge in [-0.1, -0.05) is 12.1 Å². The summed E-state index contributed by atoms with van der Waals surface area (Å²) in [6, 6.07) is 12.3. The Morgan fingerprint density at radius 3 is 2.50 bits per heavy atom. The second-order valence-corrected chi connectivity index (χ2v) is 7.30. The van der Waals surface area contributed by atoms with Crippen LogP contribution in [0.3, 0.4) is 0 Å². The molecule has 0 aliphatic rings. The molecular weight excluding hydrogens is 415 g/mol. The zero-order valence-corrected chi connectivity index (χ0v) is 17.8. The van der Waals surface area contributed by atoms with E-state index in [0.29, 0.717) is 29.2 Å². The van der Waals surface area contributed by atoms with Crippen molar-refractivity contribution in [2.75, 3.05) is 11.9 Å². The molecule has 0 radical (unpaired) electrons. The number of rotatable bonds is 7. The van der Waals surface area contributed by atoms with E-state index in [4.69, 9.17) is 4.74 Å². The number of hydrogen-bond acceptors (Lipinski definition) is 5. The molecule has 0 atom stereocenters. The Labute approximate surface area is 184 Å². The molecule has 0 unspecified atom stereocenters. The molecule has 1 amide bonds. The summed E-state index contributed by atoms with van der Waals surface area (Å²) in [4.78, 5) is 23.0. The molecule has 1 N–H and O–H groups in total. The van der Waals surface area contributed by atoms with Crippen LogP contribution >= 0.6 is 0 Å². The lowest BCUT2D eigenvalue weighted by molar-refractivity contribution is -0.385. The molecule has 8 nitrogen and oxygen atoms in total. The van der Waals surface area contributed by atoms with Crippen LogP contribution in [-0.4, -0.2) is 22.0 Å². The Hall–Kier alpha value is -4.19. The summed E-state index contributed by atoms with van der Waals surface area (Å²) < 4.78 is 20.5. The number of hydrogen-bond donors (Lipinski definition) is 1. The van der Waals surface area contributed by atoms with Crippen LogP contribution in [0.2, 0.25) is 0 Å². The maximum atomic E-state index is 13.2. The summed E-state index contributed by atoms with van der Waals surface area (Å²) in [5, 5.41) is 23.3. The summed E-state index contributed by atoms with van der Waals surface area (Å²) in [5.74, 6) is -0.187. The quantitative estimate of drug-likeness (QED) is 0.436. The summed E-state index contributed by atoms with van der Waals surface area (Å²) >= 11 is 0. The second kappa shape index (κ2) is 9.31. The molecule has 0 saturated heterocycles. The first-order valence-corrected chi connectivity index (χ1v) is 9.73. The van der Waals surface area contributed by atoms with E-state index in [9.17, 15) is 24.6 Å². The first-order chi connectivity index (χ1) is 15.2. The molecule has 0 aliphatic heterocycles. The van der Waals surface area contributed by atoms with Gasteiger partial charge in [0.05, 0.1) is 10.5 Å². The minimum absolute atomic E-state index is 0.0370. The molecule has 3 rings (SSSR count). The highest BCUT2D eigenvalue weighted by Crippen LogP contribution is 2.28. The summed E-state index contributed by atoms with van der Waals surface area (Å²) in [6.45, 7) is 5.21. The highest BCUT2D eigenvalue weighted by Gasteiger charge is 2.20. The van der Waals surface area contributed by atoms with Crippen LogP contribution in [-0.2, 0) is 11.3 Å². The lowest BCUT2D eigenvalue weighted by atomic mass is 10.2. The summed E-state index contributed by atoms with van der Waals surface area (Å²) in [6.07, 6.45) is 0. The molecule has 0 bridgehead atoms. The standard InChI is InChI=1S/C23H21FN4O4/c1-14-10-19(8-9-21(14)28(30)31)32-13-22(29)26-23-20(11-25)15(2)16(3)27(23)12-17-4-6-18(24)7-5-17/h4-10H,12-13H2,1-3H3,(H,26,29). The van der Waals surface area contributed by atoms with Crippen molar-refractivity contribution < 1.29 is 18.8 Å². The van der Waals surface area contributed by atoms with Crippen LogP contribution < -0.4 is 10.1 Å². The second-order valence-electron chi connectivity index (χ2n) is 7.30. The number of carbonyl (C=O) groups is 1. The van der Waals surface area contributed by atoms with Crippen molar-refractivity contribution in [1.29, 1.82) is 5.26 Å². The van der Waals surface area contributed by atoms with Crippen LogP contribution in [0.5, 0.6) is 5.75 Å². The highest BCUT2D eigenvalue weighted by atomic mass is 19.1. The third-order valence-corrected chi connectivity index (χ3v) is 5.19. The van der Waals surface area contributed by atoms with Gasteiger partial charge in [0.2, 0.25) is 0 Å². The monoisotopic (exact) mass is 436 g/mol. The maximum Gasteiger partial charge on any atom is 0.272 e. The van der Waals surface area contributed by atoms with Crippen molar-refractivity contribution in [2.24, 2.45) is 0 Å². The molecule has 3 aromatic rings. The number of anilines is 1. The van der Waals surface area contributed by atoms with Gasteiger partial charge in [0, 0.05) is 23.9 Å². The van der Waals surface area contributed by atoms with Gasteiger partial charge in [-0.3, -0.25) is 14.9 Å². The molecule has 0 spiro atoms.